The molecular weight excluding hydrogens is 244 g/mol. The van der Waals surface area contributed by atoms with E-state index in [1.54, 1.807) is 0 Å². The van der Waals surface area contributed by atoms with Crippen LogP contribution >= 0.6 is 0 Å². The fourth-order valence-electron chi connectivity index (χ4n) is 1.34. The van der Waals surface area contributed by atoms with Crippen molar-refractivity contribution in [3.8, 4) is 5.88 Å². The van der Waals surface area contributed by atoms with Crippen LogP contribution in [0.1, 0.15) is 5.69 Å². The molecule has 0 spiro atoms. The van der Waals surface area contributed by atoms with Crippen molar-refractivity contribution in [1.82, 2.24) is 4.98 Å². The standard InChI is InChI=1S/C9H10N4O5/c10-9(12-14)8-6(13(15)16)1-2-7(11-8)18-5-3-17-4-5/h1-2,5,14H,3-4H2,(H2,10,12). The molecule has 1 aromatic heterocycles. The van der Waals surface area contributed by atoms with Gasteiger partial charge < -0.3 is 20.4 Å². The Morgan fingerprint density at radius 1 is 1.67 bits per heavy atom. The highest BCUT2D eigenvalue weighted by molar-refractivity contribution is 5.98. The van der Waals surface area contributed by atoms with Crippen LogP contribution in [-0.2, 0) is 4.74 Å². The third-order valence-corrected chi connectivity index (χ3v) is 2.29. The molecule has 0 aliphatic carbocycles. The van der Waals surface area contributed by atoms with Gasteiger partial charge in [0, 0.05) is 12.1 Å². The van der Waals surface area contributed by atoms with Crippen molar-refractivity contribution in [2.75, 3.05) is 13.2 Å². The highest BCUT2D eigenvalue weighted by atomic mass is 16.6. The molecule has 0 bridgehead atoms. The first-order chi connectivity index (χ1) is 8.61. The van der Waals surface area contributed by atoms with Crippen LogP contribution in [0.25, 0.3) is 0 Å². The zero-order valence-corrected chi connectivity index (χ0v) is 9.15. The third kappa shape index (κ3) is 2.30. The number of oxime groups is 1. The van der Waals surface area contributed by atoms with E-state index in [2.05, 4.69) is 10.1 Å². The number of nitrogens with zero attached hydrogens (tertiary/aromatic N) is 3. The lowest BCUT2D eigenvalue weighted by Gasteiger charge is -2.26. The Kier molecular flexibility index (Phi) is 3.24. The van der Waals surface area contributed by atoms with Crippen molar-refractivity contribution in [1.29, 1.82) is 0 Å². The summed E-state index contributed by atoms with van der Waals surface area (Å²) in [4.78, 5) is 13.9. The van der Waals surface area contributed by atoms with E-state index in [1.165, 1.54) is 12.1 Å². The number of nitrogens with two attached hydrogens (primary N) is 1. The second-order valence-corrected chi connectivity index (χ2v) is 3.54. The monoisotopic (exact) mass is 254 g/mol. The molecule has 0 radical (unpaired) electrons. The Morgan fingerprint density at radius 2 is 2.39 bits per heavy atom. The zero-order chi connectivity index (χ0) is 13.1. The maximum Gasteiger partial charge on any atom is 0.299 e. The van der Waals surface area contributed by atoms with Crippen molar-refractivity contribution in [3.63, 3.8) is 0 Å². The molecule has 0 amide bonds. The van der Waals surface area contributed by atoms with E-state index in [0.29, 0.717) is 13.2 Å². The molecule has 18 heavy (non-hydrogen) atoms. The van der Waals surface area contributed by atoms with E-state index in [0.717, 1.165) is 0 Å². The molecule has 1 aromatic rings. The molecule has 3 N–H and O–H groups in total. The first-order valence-electron chi connectivity index (χ1n) is 4.99. The van der Waals surface area contributed by atoms with Crippen LogP contribution in [0.5, 0.6) is 5.88 Å². The van der Waals surface area contributed by atoms with E-state index in [9.17, 15) is 10.1 Å². The van der Waals surface area contributed by atoms with Crippen LogP contribution in [0.15, 0.2) is 17.3 Å². The summed E-state index contributed by atoms with van der Waals surface area (Å²) in [7, 11) is 0. The van der Waals surface area contributed by atoms with Crippen molar-refractivity contribution in [2.24, 2.45) is 10.9 Å². The Labute approximate surface area is 101 Å². The molecule has 96 valence electrons. The number of pyridine rings is 1. The Bertz CT molecular complexity index is 500. The molecule has 1 fully saturated rings. The van der Waals surface area contributed by atoms with E-state index in [4.69, 9.17) is 20.4 Å². The highest BCUT2D eigenvalue weighted by Gasteiger charge is 2.24. The summed E-state index contributed by atoms with van der Waals surface area (Å²) >= 11 is 0. The summed E-state index contributed by atoms with van der Waals surface area (Å²) in [6.45, 7) is 0.884. The van der Waals surface area contributed by atoms with Crippen molar-refractivity contribution in [2.45, 2.75) is 6.10 Å². The van der Waals surface area contributed by atoms with Gasteiger partial charge in [0.25, 0.3) is 5.69 Å². The Morgan fingerprint density at radius 3 is 2.89 bits per heavy atom. The van der Waals surface area contributed by atoms with Crippen LogP contribution in [0, 0.1) is 10.1 Å². The predicted octanol–water partition coefficient (Wildman–Crippen LogP) is -0.138. The molecular formula is C9H10N4O5. The van der Waals surface area contributed by atoms with E-state index in [-0.39, 0.29) is 23.4 Å². The fraction of sp³-hybridized carbons (Fsp3) is 0.333. The fourth-order valence-corrected chi connectivity index (χ4v) is 1.34. The molecule has 9 heteroatoms. The minimum atomic E-state index is -0.670. The molecule has 0 unspecified atom stereocenters. The smallest absolute Gasteiger partial charge is 0.299 e. The summed E-state index contributed by atoms with van der Waals surface area (Å²) in [6.07, 6.45) is -0.126. The van der Waals surface area contributed by atoms with Gasteiger partial charge in [-0.15, -0.1) is 0 Å². The minimum absolute atomic E-state index is 0.126. The van der Waals surface area contributed by atoms with Gasteiger partial charge in [0.15, 0.2) is 11.5 Å². The van der Waals surface area contributed by atoms with Gasteiger partial charge in [-0.1, -0.05) is 5.16 Å². The highest BCUT2D eigenvalue weighted by Crippen LogP contribution is 2.21. The predicted molar refractivity (Wildman–Crippen MR) is 58.6 cm³/mol. The first kappa shape index (κ1) is 12.0. The largest absolute Gasteiger partial charge is 0.469 e. The number of nitro groups is 1. The number of hydrogen-bond donors (Lipinski definition) is 2. The number of aromatic nitrogens is 1. The average Bonchev–Trinajstić information content (AvgIpc) is 2.32. The summed E-state index contributed by atoms with van der Waals surface area (Å²) < 4.78 is 10.3. The lowest BCUT2D eigenvalue weighted by atomic mass is 10.2. The van der Waals surface area contributed by atoms with Gasteiger partial charge in [-0.25, -0.2) is 4.98 Å². The van der Waals surface area contributed by atoms with Crippen LogP contribution < -0.4 is 10.5 Å². The molecule has 1 aliphatic heterocycles. The van der Waals surface area contributed by atoms with Gasteiger partial charge in [0.1, 0.15) is 6.10 Å². The quantitative estimate of drug-likeness (QED) is 0.251. The Balaban J connectivity index is 2.31. The normalized spacial score (nSPS) is 16.1. The van der Waals surface area contributed by atoms with Crippen LogP contribution in [0.3, 0.4) is 0 Å². The SMILES string of the molecule is N/C(=N/O)c1nc(OC2COC2)ccc1[N+](=O)[O-]. The van der Waals surface area contributed by atoms with Gasteiger partial charge >= 0.3 is 0 Å². The number of ether oxygens (including phenoxy) is 2. The van der Waals surface area contributed by atoms with Gasteiger partial charge in [0.2, 0.25) is 5.88 Å². The molecule has 2 heterocycles. The molecule has 0 atom stereocenters. The summed E-state index contributed by atoms with van der Waals surface area (Å²) in [5, 5.41) is 22.0. The molecule has 2 rings (SSSR count). The molecule has 0 saturated carbocycles. The topological polar surface area (TPSA) is 133 Å². The second kappa shape index (κ2) is 4.84. The maximum atomic E-state index is 10.8. The zero-order valence-electron chi connectivity index (χ0n) is 9.15. The average molecular weight is 254 g/mol. The van der Waals surface area contributed by atoms with Gasteiger partial charge in [-0.3, -0.25) is 10.1 Å². The summed E-state index contributed by atoms with van der Waals surface area (Å²) in [6, 6.07) is 2.54. The van der Waals surface area contributed by atoms with E-state index in [1.807, 2.05) is 0 Å². The molecule has 1 saturated heterocycles. The number of amidine groups is 1. The van der Waals surface area contributed by atoms with E-state index >= 15 is 0 Å². The van der Waals surface area contributed by atoms with Crippen molar-refractivity contribution < 1.29 is 19.6 Å². The molecule has 1 aliphatic rings. The summed E-state index contributed by atoms with van der Waals surface area (Å²) in [5.41, 5.74) is 4.74. The number of hydrogen-bond acceptors (Lipinski definition) is 7. The van der Waals surface area contributed by atoms with Crippen molar-refractivity contribution in [3.05, 3.63) is 27.9 Å². The molecule has 9 nitrogen and oxygen atoms in total. The lowest BCUT2D eigenvalue weighted by molar-refractivity contribution is -0.385. The van der Waals surface area contributed by atoms with Gasteiger partial charge in [-0.05, 0) is 0 Å². The third-order valence-electron chi connectivity index (χ3n) is 2.29. The van der Waals surface area contributed by atoms with Gasteiger partial charge in [-0.2, -0.15) is 0 Å². The van der Waals surface area contributed by atoms with Crippen LogP contribution in [0.2, 0.25) is 0 Å². The molecule has 0 aromatic carbocycles. The minimum Gasteiger partial charge on any atom is -0.469 e. The van der Waals surface area contributed by atoms with Crippen molar-refractivity contribution >= 4 is 11.5 Å². The first-order valence-corrected chi connectivity index (χ1v) is 4.99. The number of rotatable bonds is 4. The second-order valence-electron chi connectivity index (χ2n) is 3.54. The van der Waals surface area contributed by atoms with Crippen LogP contribution in [0.4, 0.5) is 5.69 Å². The Hall–Kier alpha value is -2.42. The van der Waals surface area contributed by atoms with Gasteiger partial charge in [0.05, 0.1) is 18.1 Å². The summed E-state index contributed by atoms with van der Waals surface area (Å²) in [5.74, 6) is -0.285. The maximum absolute atomic E-state index is 10.8. The van der Waals surface area contributed by atoms with Crippen LogP contribution in [-0.4, -0.2) is 40.3 Å². The lowest BCUT2D eigenvalue weighted by Crippen LogP contribution is -2.38. The van der Waals surface area contributed by atoms with E-state index < -0.39 is 10.8 Å².